The number of ether oxygens (including phenoxy) is 1. The number of hydrogen-bond donors (Lipinski definition) is 0. The van der Waals surface area contributed by atoms with Crippen molar-refractivity contribution in [1.82, 2.24) is 0 Å². The minimum atomic E-state index is 0.321. The lowest BCUT2D eigenvalue weighted by Gasteiger charge is -2.20. The van der Waals surface area contributed by atoms with E-state index in [0.717, 1.165) is 13.0 Å². The van der Waals surface area contributed by atoms with Gasteiger partial charge in [-0.3, -0.25) is 0 Å². The lowest BCUT2D eigenvalue weighted by atomic mass is 9.99. The van der Waals surface area contributed by atoms with Crippen LogP contribution >= 0.6 is 31.9 Å². The highest BCUT2D eigenvalue weighted by molar-refractivity contribution is 9.10. The minimum absolute atomic E-state index is 0.321. The van der Waals surface area contributed by atoms with Gasteiger partial charge in [0.1, 0.15) is 0 Å². The number of hydrogen-bond acceptors (Lipinski definition) is 1. The molecule has 2 unspecified atom stereocenters. The molecule has 0 aromatic heterocycles. The molecule has 0 bridgehead atoms. The molecule has 1 aliphatic heterocycles. The molecule has 0 saturated carbocycles. The normalized spacial score (nSPS) is 22.4. The second kappa shape index (κ2) is 5.19. The van der Waals surface area contributed by atoms with Crippen LogP contribution in [0.3, 0.4) is 0 Å². The van der Waals surface area contributed by atoms with E-state index in [1.165, 1.54) is 27.6 Å². The molecule has 1 aromatic carbocycles. The van der Waals surface area contributed by atoms with Crippen molar-refractivity contribution >= 4 is 31.9 Å². The third kappa shape index (κ3) is 2.52. The molecule has 0 amide bonds. The second-order valence-electron chi connectivity index (χ2n) is 4.41. The lowest BCUT2D eigenvalue weighted by Crippen LogP contribution is -2.13. The fourth-order valence-corrected chi connectivity index (χ4v) is 3.50. The monoisotopic (exact) mass is 346 g/mol. The summed E-state index contributed by atoms with van der Waals surface area (Å²) in [6, 6.07) is 4.44. The van der Waals surface area contributed by atoms with E-state index in [4.69, 9.17) is 4.74 Å². The molecule has 1 saturated heterocycles. The molecule has 3 heteroatoms. The van der Waals surface area contributed by atoms with Gasteiger partial charge in [-0.1, -0.05) is 37.9 Å². The largest absolute Gasteiger partial charge is 0.377 e. The topological polar surface area (TPSA) is 9.23 Å². The van der Waals surface area contributed by atoms with Crippen LogP contribution in [-0.4, -0.2) is 12.7 Å². The molecule has 0 N–H and O–H groups in total. The van der Waals surface area contributed by atoms with Crippen LogP contribution in [0.15, 0.2) is 16.6 Å². The molecule has 1 heterocycles. The molecule has 2 rings (SSSR count). The van der Waals surface area contributed by atoms with Gasteiger partial charge >= 0.3 is 0 Å². The van der Waals surface area contributed by atoms with Crippen LogP contribution in [0.1, 0.15) is 34.4 Å². The fraction of sp³-hybridized carbons (Fsp3) is 0.538. The first kappa shape index (κ1) is 12.6. The van der Waals surface area contributed by atoms with Gasteiger partial charge < -0.3 is 4.74 Å². The maximum Gasteiger partial charge on any atom is 0.0741 e. The molecule has 1 fully saturated rings. The Labute approximate surface area is 114 Å². The van der Waals surface area contributed by atoms with E-state index in [9.17, 15) is 0 Å². The van der Waals surface area contributed by atoms with Gasteiger partial charge in [0.15, 0.2) is 0 Å². The molecular weight excluding hydrogens is 332 g/mol. The van der Waals surface area contributed by atoms with Crippen molar-refractivity contribution in [3.05, 3.63) is 33.3 Å². The first-order valence-electron chi connectivity index (χ1n) is 5.62. The van der Waals surface area contributed by atoms with Gasteiger partial charge in [0, 0.05) is 11.1 Å². The maximum absolute atomic E-state index is 5.74. The lowest BCUT2D eigenvalue weighted by molar-refractivity contribution is 0.110. The number of halogens is 2. The molecule has 0 aliphatic carbocycles. The molecule has 1 aromatic rings. The van der Waals surface area contributed by atoms with Crippen molar-refractivity contribution in [2.24, 2.45) is 0 Å². The molecule has 16 heavy (non-hydrogen) atoms. The third-order valence-corrected chi connectivity index (χ3v) is 5.07. The number of aryl methyl sites for hydroxylation is 2. The zero-order valence-corrected chi connectivity index (χ0v) is 12.8. The van der Waals surface area contributed by atoms with Crippen molar-refractivity contribution in [1.29, 1.82) is 0 Å². The van der Waals surface area contributed by atoms with Gasteiger partial charge in [-0.25, -0.2) is 0 Å². The molecule has 88 valence electrons. The van der Waals surface area contributed by atoms with E-state index in [-0.39, 0.29) is 0 Å². The summed E-state index contributed by atoms with van der Waals surface area (Å²) in [5.41, 5.74) is 3.95. The van der Waals surface area contributed by atoms with Crippen molar-refractivity contribution in [2.45, 2.75) is 37.6 Å². The van der Waals surface area contributed by atoms with Crippen LogP contribution in [0.2, 0.25) is 0 Å². The summed E-state index contributed by atoms with van der Waals surface area (Å²) in [6.45, 7) is 5.19. The Hall–Kier alpha value is 0.140. The molecule has 0 radical (unpaired) electrons. The number of alkyl halides is 1. The number of benzene rings is 1. The average Bonchev–Trinajstić information content (AvgIpc) is 2.75. The molecular formula is C13H16Br2O. The first-order valence-corrected chi connectivity index (χ1v) is 7.33. The van der Waals surface area contributed by atoms with Crippen LogP contribution in [0.5, 0.6) is 0 Å². The highest BCUT2D eigenvalue weighted by atomic mass is 79.9. The van der Waals surface area contributed by atoms with Crippen LogP contribution in [-0.2, 0) is 4.74 Å². The summed E-state index contributed by atoms with van der Waals surface area (Å²) in [7, 11) is 0. The van der Waals surface area contributed by atoms with E-state index in [1.54, 1.807) is 0 Å². The molecule has 1 aliphatic rings. The van der Waals surface area contributed by atoms with Crippen molar-refractivity contribution in [3.63, 3.8) is 0 Å². The summed E-state index contributed by atoms with van der Waals surface area (Å²) in [5.74, 6) is 0. The van der Waals surface area contributed by atoms with E-state index < -0.39 is 0 Å². The summed E-state index contributed by atoms with van der Waals surface area (Å²) in [6.07, 6.45) is 2.67. The van der Waals surface area contributed by atoms with Gasteiger partial charge in [-0.2, -0.15) is 0 Å². The summed E-state index contributed by atoms with van der Waals surface area (Å²) < 4.78 is 6.92. The zero-order chi connectivity index (χ0) is 11.7. The maximum atomic E-state index is 5.74. The van der Waals surface area contributed by atoms with Gasteiger partial charge in [-0.15, -0.1) is 0 Å². The Morgan fingerprint density at radius 2 is 2.06 bits per heavy atom. The standard InChI is InChI=1S/C13H16Br2O/c1-8-7-11(14)9(2)6-10(8)13(15)12-4-3-5-16-12/h6-7,12-13H,3-5H2,1-2H3. The highest BCUT2D eigenvalue weighted by Crippen LogP contribution is 2.37. The van der Waals surface area contributed by atoms with E-state index in [0.29, 0.717) is 10.9 Å². The van der Waals surface area contributed by atoms with Gasteiger partial charge in [-0.05, 0) is 49.4 Å². The predicted molar refractivity (Wildman–Crippen MR) is 74.3 cm³/mol. The average molecular weight is 348 g/mol. The van der Waals surface area contributed by atoms with Gasteiger partial charge in [0.25, 0.3) is 0 Å². The van der Waals surface area contributed by atoms with Gasteiger partial charge in [0.2, 0.25) is 0 Å². The Morgan fingerprint density at radius 3 is 2.69 bits per heavy atom. The zero-order valence-electron chi connectivity index (χ0n) is 9.59. The summed E-state index contributed by atoms with van der Waals surface area (Å²) in [5, 5.41) is 0. The Balaban J connectivity index is 2.28. The third-order valence-electron chi connectivity index (χ3n) is 3.14. The van der Waals surface area contributed by atoms with E-state index >= 15 is 0 Å². The van der Waals surface area contributed by atoms with Gasteiger partial charge in [0.05, 0.1) is 10.9 Å². The van der Waals surface area contributed by atoms with E-state index in [1.807, 2.05) is 0 Å². The SMILES string of the molecule is Cc1cc(C(Br)C2CCCO2)c(C)cc1Br. The first-order chi connectivity index (χ1) is 7.59. The second-order valence-corrected chi connectivity index (χ2v) is 6.25. The molecule has 0 spiro atoms. The summed E-state index contributed by atoms with van der Waals surface area (Å²) in [4.78, 5) is 0.321. The highest BCUT2D eigenvalue weighted by Gasteiger charge is 2.26. The van der Waals surface area contributed by atoms with Crippen molar-refractivity contribution in [2.75, 3.05) is 6.61 Å². The van der Waals surface area contributed by atoms with Crippen LogP contribution < -0.4 is 0 Å². The van der Waals surface area contributed by atoms with E-state index in [2.05, 4.69) is 57.8 Å². The number of rotatable bonds is 2. The fourth-order valence-electron chi connectivity index (χ4n) is 2.13. The smallest absolute Gasteiger partial charge is 0.0741 e. The summed E-state index contributed by atoms with van der Waals surface area (Å²) >= 11 is 7.35. The van der Waals surface area contributed by atoms with Crippen LogP contribution in [0.25, 0.3) is 0 Å². The minimum Gasteiger partial charge on any atom is -0.377 e. The quantitative estimate of drug-likeness (QED) is 0.706. The Kier molecular flexibility index (Phi) is 4.09. The Bertz CT molecular complexity index is 384. The predicted octanol–water partition coefficient (Wildman–Crippen LogP) is 4.68. The van der Waals surface area contributed by atoms with Crippen molar-refractivity contribution < 1.29 is 4.74 Å². The van der Waals surface area contributed by atoms with Crippen molar-refractivity contribution in [3.8, 4) is 0 Å². The molecule has 2 atom stereocenters. The molecule has 1 nitrogen and oxygen atoms in total. The van der Waals surface area contributed by atoms with Crippen LogP contribution in [0, 0.1) is 13.8 Å². The van der Waals surface area contributed by atoms with Crippen LogP contribution in [0.4, 0.5) is 0 Å². The Morgan fingerprint density at radius 1 is 1.31 bits per heavy atom.